The second kappa shape index (κ2) is 7.36. The van der Waals surface area contributed by atoms with Crippen LogP contribution in [0.5, 0.6) is 5.75 Å². The molecule has 1 rings (SSSR count). The molecule has 0 aliphatic carbocycles. The van der Waals surface area contributed by atoms with Gasteiger partial charge in [-0.2, -0.15) is 0 Å². The van der Waals surface area contributed by atoms with Crippen LogP contribution in [0, 0.1) is 0 Å². The Morgan fingerprint density at radius 3 is 2.79 bits per heavy atom. The summed E-state index contributed by atoms with van der Waals surface area (Å²) in [7, 11) is 1.75. The fourth-order valence-electron chi connectivity index (χ4n) is 1.62. The molecule has 0 fully saturated rings. The molecule has 1 aromatic rings. The molecule has 1 unspecified atom stereocenters. The standard InChI is InChI=1S/C14H21ClN2O2/c1-4-17(3)14(18)9-19-13-6-5-12(15)8-11(13)7-10(2)16/h5-6,8,10H,4,7,9,16H2,1-3H3. The van der Waals surface area contributed by atoms with Gasteiger partial charge in [-0.25, -0.2) is 0 Å². The van der Waals surface area contributed by atoms with Crippen molar-refractivity contribution < 1.29 is 9.53 Å². The van der Waals surface area contributed by atoms with Gasteiger partial charge in [-0.15, -0.1) is 0 Å². The van der Waals surface area contributed by atoms with Crippen molar-refractivity contribution in [2.24, 2.45) is 5.73 Å². The molecule has 1 atom stereocenters. The summed E-state index contributed by atoms with van der Waals surface area (Å²) in [6, 6.07) is 5.36. The molecule has 5 heteroatoms. The first-order valence-corrected chi connectivity index (χ1v) is 6.72. The van der Waals surface area contributed by atoms with Gasteiger partial charge in [-0.1, -0.05) is 11.6 Å². The summed E-state index contributed by atoms with van der Waals surface area (Å²) < 4.78 is 5.57. The van der Waals surface area contributed by atoms with Crippen LogP contribution in [0.15, 0.2) is 18.2 Å². The van der Waals surface area contributed by atoms with Gasteiger partial charge in [0.15, 0.2) is 6.61 Å². The summed E-state index contributed by atoms with van der Waals surface area (Å²) in [6.45, 7) is 4.52. The van der Waals surface area contributed by atoms with Crippen molar-refractivity contribution in [3.8, 4) is 5.75 Å². The average Bonchev–Trinajstić information content (AvgIpc) is 2.35. The largest absolute Gasteiger partial charge is 0.483 e. The molecule has 4 nitrogen and oxygen atoms in total. The van der Waals surface area contributed by atoms with Crippen LogP contribution in [0.3, 0.4) is 0 Å². The third kappa shape index (κ3) is 5.09. The minimum absolute atomic E-state index is 0.00911. The fourth-order valence-corrected chi connectivity index (χ4v) is 1.82. The topological polar surface area (TPSA) is 55.6 Å². The van der Waals surface area contributed by atoms with E-state index in [0.717, 1.165) is 5.56 Å². The lowest BCUT2D eigenvalue weighted by Gasteiger charge is -2.17. The highest BCUT2D eigenvalue weighted by Crippen LogP contribution is 2.24. The first-order chi connectivity index (χ1) is 8.93. The normalized spacial score (nSPS) is 12.1. The van der Waals surface area contributed by atoms with E-state index < -0.39 is 0 Å². The van der Waals surface area contributed by atoms with Crippen LogP contribution in [0.1, 0.15) is 19.4 Å². The molecule has 0 saturated carbocycles. The van der Waals surface area contributed by atoms with Crippen LogP contribution in [0.25, 0.3) is 0 Å². The highest BCUT2D eigenvalue weighted by molar-refractivity contribution is 6.30. The summed E-state index contributed by atoms with van der Waals surface area (Å²) >= 11 is 5.96. The van der Waals surface area contributed by atoms with Gasteiger partial charge in [0.2, 0.25) is 0 Å². The summed E-state index contributed by atoms with van der Waals surface area (Å²) in [6.07, 6.45) is 0.660. The van der Waals surface area contributed by atoms with E-state index in [1.807, 2.05) is 19.9 Å². The molecule has 0 radical (unpaired) electrons. The van der Waals surface area contributed by atoms with Crippen molar-refractivity contribution in [3.63, 3.8) is 0 Å². The minimum atomic E-state index is -0.0517. The number of carbonyl (C=O) groups is 1. The highest BCUT2D eigenvalue weighted by Gasteiger charge is 2.11. The molecule has 1 amide bonds. The van der Waals surface area contributed by atoms with E-state index in [2.05, 4.69) is 0 Å². The summed E-state index contributed by atoms with van der Waals surface area (Å²) in [5, 5.41) is 0.639. The van der Waals surface area contributed by atoms with Crippen molar-refractivity contribution in [1.29, 1.82) is 0 Å². The van der Waals surface area contributed by atoms with Crippen molar-refractivity contribution >= 4 is 17.5 Å². The van der Waals surface area contributed by atoms with Crippen molar-refractivity contribution in [2.75, 3.05) is 20.2 Å². The Hall–Kier alpha value is -1.26. The molecular formula is C14H21ClN2O2. The van der Waals surface area contributed by atoms with Crippen LogP contribution < -0.4 is 10.5 Å². The number of ether oxygens (including phenoxy) is 1. The fraction of sp³-hybridized carbons (Fsp3) is 0.500. The molecule has 0 heterocycles. The number of nitrogens with two attached hydrogens (primary N) is 1. The number of amides is 1. The van der Waals surface area contributed by atoms with Gasteiger partial charge in [0.1, 0.15) is 5.75 Å². The molecule has 1 aromatic carbocycles. The van der Waals surface area contributed by atoms with Gasteiger partial charge in [0.05, 0.1) is 0 Å². The number of carbonyl (C=O) groups excluding carboxylic acids is 1. The lowest BCUT2D eigenvalue weighted by atomic mass is 10.1. The smallest absolute Gasteiger partial charge is 0.260 e. The van der Waals surface area contributed by atoms with E-state index in [0.29, 0.717) is 23.7 Å². The zero-order valence-corrected chi connectivity index (χ0v) is 12.4. The van der Waals surface area contributed by atoms with Gasteiger partial charge in [0, 0.05) is 24.7 Å². The molecule has 0 aliphatic rings. The quantitative estimate of drug-likeness (QED) is 0.870. The van der Waals surface area contributed by atoms with Crippen molar-refractivity contribution in [1.82, 2.24) is 4.90 Å². The molecular weight excluding hydrogens is 264 g/mol. The molecule has 0 aromatic heterocycles. The summed E-state index contributed by atoms with van der Waals surface area (Å²) in [5.74, 6) is 0.615. The minimum Gasteiger partial charge on any atom is -0.483 e. The van der Waals surface area contributed by atoms with Gasteiger partial charge >= 0.3 is 0 Å². The number of hydrogen-bond acceptors (Lipinski definition) is 3. The van der Waals surface area contributed by atoms with Crippen LogP contribution in [-0.4, -0.2) is 37.0 Å². The zero-order valence-electron chi connectivity index (χ0n) is 11.6. The van der Waals surface area contributed by atoms with Gasteiger partial charge < -0.3 is 15.4 Å². The molecule has 0 saturated heterocycles. The zero-order chi connectivity index (χ0) is 14.4. The highest BCUT2D eigenvalue weighted by atomic mass is 35.5. The third-order valence-electron chi connectivity index (χ3n) is 2.82. The van der Waals surface area contributed by atoms with E-state index in [4.69, 9.17) is 22.1 Å². The van der Waals surface area contributed by atoms with Crippen molar-refractivity contribution in [2.45, 2.75) is 26.3 Å². The molecule has 0 bridgehead atoms. The van der Waals surface area contributed by atoms with E-state index in [1.54, 1.807) is 24.1 Å². The van der Waals surface area contributed by atoms with E-state index in [1.165, 1.54) is 0 Å². The van der Waals surface area contributed by atoms with Crippen molar-refractivity contribution in [3.05, 3.63) is 28.8 Å². The van der Waals surface area contributed by atoms with Crippen LogP contribution in [0.2, 0.25) is 5.02 Å². The van der Waals surface area contributed by atoms with Gasteiger partial charge in [0.25, 0.3) is 5.91 Å². The van der Waals surface area contributed by atoms with E-state index >= 15 is 0 Å². The Kier molecular flexibility index (Phi) is 6.12. The molecule has 0 spiro atoms. The predicted octanol–water partition coefficient (Wildman–Crippen LogP) is 2.09. The van der Waals surface area contributed by atoms with Crippen LogP contribution >= 0.6 is 11.6 Å². The Bertz CT molecular complexity index is 435. The van der Waals surface area contributed by atoms with Crippen LogP contribution in [0.4, 0.5) is 0 Å². The van der Waals surface area contributed by atoms with Gasteiger partial charge in [-0.3, -0.25) is 4.79 Å². The lowest BCUT2D eigenvalue weighted by Crippen LogP contribution is -2.31. The molecule has 2 N–H and O–H groups in total. The Morgan fingerprint density at radius 1 is 1.53 bits per heavy atom. The molecule has 0 aliphatic heterocycles. The first-order valence-electron chi connectivity index (χ1n) is 6.34. The number of hydrogen-bond donors (Lipinski definition) is 1. The first kappa shape index (κ1) is 15.8. The maximum absolute atomic E-state index is 11.7. The maximum Gasteiger partial charge on any atom is 0.260 e. The second-order valence-electron chi connectivity index (χ2n) is 4.63. The average molecular weight is 285 g/mol. The summed E-state index contributed by atoms with van der Waals surface area (Å²) in [4.78, 5) is 13.3. The monoisotopic (exact) mass is 284 g/mol. The predicted molar refractivity (Wildman–Crippen MR) is 77.6 cm³/mol. The Morgan fingerprint density at radius 2 is 2.21 bits per heavy atom. The number of benzene rings is 1. The molecule has 106 valence electrons. The lowest BCUT2D eigenvalue weighted by molar-refractivity contribution is -0.131. The Labute approximate surface area is 119 Å². The third-order valence-corrected chi connectivity index (χ3v) is 3.05. The SMILES string of the molecule is CCN(C)C(=O)COc1ccc(Cl)cc1CC(C)N. The number of rotatable bonds is 6. The number of halogens is 1. The molecule has 19 heavy (non-hydrogen) atoms. The maximum atomic E-state index is 11.7. The van der Waals surface area contributed by atoms with E-state index in [-0.39, 0.29) is 18.6 Å². The van der Waals surface area contributed by atoms with Gasteiger partial charge in [-0.05, 0) is 44.0 Å². The van der Waals surface area contributed by atoms with E-state index in [9.17, 15) is 4.79 Å². The summed E-state index contributed by atoms with van der Waals surface area (Å²) in [5.41, 5.74) is 6.72. The Balaban J connectivity index is 2.74. The second-order valence-corrected chi connectivity index (χ2v) is 5.07. The number of nitrogens with zero attached hydrogens (tertiary/aromatic N) is 1. The van der Waals surface area contributed by atoms with Crippen LogP contribution in [-0.2, 0) is 11.2 Å². The number of likely N-dealkylation sites (N-methyl/N-ethyl adjacent to an activating group) is 1.